The third kappa shape index (κ3) is 3.51. The molecule has 0 saturated heterocycles. The van der Waals surface area contributed by atoms with Gasteiger partial charge in [0.15, 0.2) is 5.75 Å². The lowest BCUT2D eigenvalue weighted by molar-refractivity contribution is -0.385. The van der Waals surface area contributed by atoms with Crippen LogP contribution >= 0.6 is 0 Å². The SMILES string of the molecule is C#CCN(CC1CC1)C(=O)c1ccc([N+](=O)[O-])c(OC)c1. The quantitative estimate of drug-likeness (QED) is 0.456. The van der Waals surface area contributed by atoms with Crippen LogP contribution in [0, 0.1) is 28.4 Å². The highest BCUT2D eigenvalue weighted by Gasteiger charge is 2.27. The van der Waals surface area contributed by atoms with Gasteiger partial charge >= 0.3 is 5.69 Å². The van der Waals surface area contributed by atoms with Gasteiger partial charge in [-0.25, -0.2) is 0 Å². The Balaban J connectivity index is 2.24. The first-order valence-electron chi connectivity index (χ1n) is 6.62. The van der Waals surface area contributed by atoms with Gasteiger partial charge in [0.1, 0.15) is 0 Å². The van der Waals surface area contributed by atoms with Crippen molar-refractivity contribution in [1.82, 2.24) is 4.90 Å². The van der Waals surface area contributed by atoms with Crippen LogP contribution in [0.15, 0.2) is 18.2 Å². The second-order valence-corrected chi connectivity index (χ2v) is 4.98. The van der Waals surface area contributed by atoms with E-state index < -0.39 is 4.92 Å². The van der Waals surface area contributed by atoms with Crippen LogP contribution in [0.1, 0.15) is 23.2 Å². The second-order valence-electron chi connectivity index (χ2n) is 4.98. The Hall–Kier alpha value is -2.55. The summed E-state index contributed by atoms with van der Waals surface area (Å²) in [4.78, 5) is 24.4. The Morgan fingerprint density at radius 2 is 2.29 bits per heavy atom. The highest BCUT2D eigenvalue weighted by Crippen LogP contribution is 2.31. The van der Waals surface area contributed by atoms with E-state index in [1.807, 2.05) is 0 Å². The summed E-state index contributed by atoms with van der Waals surface area (Å²) in [7, 11) is 1.33. The van der Waals surface area contributed by atoms with Crippen LogP contribution in [0.2, 0.25) is 0 Å². The molecule has 1 aromatic rings. The number of methoxy groups -OCH3 is 1. The normalized spacial score (nSPS) is 13.3. The molecule has 1 fully saturated rings. The standard InChI is InChI=1S/C15H16N2O4/c1-3-8-16(10-11-4-5-11)15(18)12-6-7-13(17(19)20)14(9-12)21-2/h1,6-7,9,11H,4-5,8,10H2,2H3. The molecular formula is C15H16N2O4. The van der Waals surface area contributed by atoms with E-state index in [1.165, 1.54) is 25.3 Å². The van der Waals surface area contributed by atoms with E-state index in [0.29, 0.717) is 18.0 Å². The molecule has 0 heterocycles. The number of nitrogens with zero attached hydrogens (tertiary/aromatic N) is 2. The number of rotatable bonds is 6. The smallest absolute Gasteiger partial charge is 0.310 e. The predicted octanol–water partition coefficient (Wildman–Crippen LogP) is 2.09. The van der Waals surface area contributed by atoms with Crippen molar-refractivity contribution >= 4 is 11.6 Å². The largest absolute Gasteiger partial charge is 0.490 e. The van der Waals surface area contributed by atoms with Gasteiger partial charge < -0.3 is 9.64 Å². The molecule has 0 unspecified atom stereocenters. The number of hydrogen-bond acceptors (Lipinski definition) is 4. The van der Waals surface area contributed by atoms with Gasteiger partial charge in [0.05, 0.1) is 18.6 Å². The fraction of sp³-hybridized carbons (Fsp3) is 0.400. The topological polar surface area (TPSA) is 72.7 Å². The maximum atomic E-state index is 12.5. The molecule has 0 bridgehead atoms. The maximum Gasteiger partial charge on any atom is 0.310 e. The molecule has 6 nitrogen and oxygen atoms in total. The predicted molar refractivity (Wildman–Crippen MR) is 77.1 cm³/mol. The summed E-state index contributed by atoms with van der Waals surface area (Å²) in [5, 5.41) is 10.9. The third-order valence-corrected chi connectivity index (χ3v) is 3.37. The average Bonchev–Trinajstić information content (AvgIpc) is 3.29. The van der Waals surface area contributed by atoms with Crippen LogP contribution in [0.3, 0.4) is 0 Å². The van der Waals surface area contributed by atoms with Crippen LogP contribution in [-0.2, 0) is 0 Å². The van der Waals surface area contributed by atoms with E-state index in [-0.39, 0.29) is 23.9 Å². The van der Waals surface area contributed by atoms with Crippen molar-refractivity contribution < 1.29 is 14.5 Å². The van der Waals surface area contributed by atoms with Gasteiger partial charge in [0.25, 0.3) is 5.91 Å². The fourth-order valence-electron chi connectivity index (χ4n) is 2.09. The summed E-state index contributed by atoms with van der Waals surface area (Å²) in [5.41, 5.74) is 0.174. The number of benzene rings is 1. The fourth-order valence-corrected chi connectivity index (χ4v) is 2.09. The summed E-state index contributed by atoms with van der Waals surface area (Å²) in [6.07, 6.45) is 7.52. The number of ether oxygens (including phenoxy) is 1. The lowest BCUT2D eigenvalue weighted by Crippen LogP contribution is -2.33. The summed E-state index contributed by atoms with van der Waals surface area (Å²) in [6.45, 7) is 0.858. The number of hydrogen-bond donors (Lipinski definition) is 0. The molecule has 1 aliphatic carbocycles. The Kier molecular flexibility index (Phi) is 4.43. The van der Waals surface area contributed by atoms with Gasteiger partial charge in [0, 0.05) is 24.2 Å². The van der Waals surface area contributed by atoms with Gasteiger partial charge in [-0.05, 0) is 24.8 Å². The Labute approximate surface area is 122 Å². The van der Waals surface area contributed by atoms with Gasteiger partial charge in [-0.3, -0.25) is 14.9 Å². The molecule has 1 saturated carbocycles. The van der Waals surface area contributed by atoms with Crippen LogP contribution in [-0.4, -0.2) is 35.9 Å². The molecule has 1 aliphatic rings. The lowest BCUT2D eigenvalue weighted by Gasteiger charge is -2.20. The molecule has 1 aromatic carbocycles. The summed E-state index contributed by atoms with van der Waals surface area (Å²) in [5.74, 6) is 2.83. The lowest BCUT2D eigenvalue weighted by atomic mass is 10.1. The molecule has 0 aromatic heterocycles. The molecule has 1 amide bonds. The zero-order valence-corrected chi connectivity index (χ0v) is 11.7. The average molecular weight is 288 g/mol. The molecule has 6 heteroatoms. The first-order chi connectivity index (χ1) is 10.1. The van der Waals surface area contributed by atoms with E-state index in [2.05, 4.69) is 5.92 Å². The highest BCUT2D eigenvalue weighted by atomic mass is 16.6. The molecular weight excluding hydrogens is 272 g/mol. The maximum absolute atomic E-state index is 12.5. The van der Waals surface area contributed by atoms with E-state index in [9.17, 15) is 14.9 Å². The van der Waals surface area contributed by atoms with Gasteiger partial charge in [0.2, 0.25) is 0 Å². The Bertz CT molecular complexity index is 602. The van der Waals surface area contributed by atoms with Crippen molar-refractivity contribution in [3.05, 3.63) is 33.9 Å². The summed E-state index contributed by atoms with van der Waals surface area (Å²) >= 11 is 0. The van der Waals surface area contributed by atoms with E-state index >= 15 is 0 Å². The van der Waals surface area contributed by atoms with Crippen molar-refractivity contribution in [3.8, 4) is 18.1 Å². The third-order valence-electron chi connectivity index (χ3n) is 3.37. The molecule has 2 rings (SSSR count). The summed E-state index contributed by atoms with van der Waals surface area (Å²) < 4.78 is 4.98. The van der Waals surface area contributed by atoms with Crippen LogP contribution in [0.5, 0.6) is 5.75 Å². The highest BCUT2D eigenvalue weighted by molar-refractivity contribution is 5.95. The van der Waals surface area contributed by atoms with Crippen LogP contribution in [0.25, 0.3) is 0 Å². The van der Waals surface area contributed by atoms with Gasteiger partial charge in [-0.2, -0.15) is 0 Å². The van der Waals surface area contributed by atoms with E-state index in [1.54, 1.807) is 4.90 Å². The number of carbonyl (C=O) groups is 1. The molecule has 0 aliphatic heterocycles. The first-order valence-corrected chi connectivity index (χ1v) is 6.62. The van der Waals surface area contributed by atoms with Crippen molar-refractivity contribution in [3.63, 3.8) is 0 Å². The Morgan fingerprint density at radius 1 is 1.57 bits per heavy atom. The van der Waals surface area contributed by atoms with Crippen molar-refractivity contribution in [2.45, 2.75) is 12.8 Å². The number of terminal acetylenes is 1. The van der Waals surface area contributed by atoms with E-state index in [4.69, 9.17) is 11.2 Å². The van der Waals surface area contributed by atoms with Crippen LogP contribution in [0.4, 0.5) is 5.69 Å². The molecule has 21 heavy (non-hydrogen) atoms. The second kappa shape index (κ2) is 6.27. The molecule has 110 valence electrons. The van der Waals surface area contributed by atoms with E-state index in [0.717, 1.165) is 12.8 Å². The number of amides is 1. The minimum absolute atomic E-state index is 0.0675. The molecule has 0 N–H and O–H groups in total. The minimum Gasteiger partial charge on any atom is -0.490 e. The van der Waals surface area contributed by atoms with Gasteiger partial charge in [-0.1, -0.05) is 5.92 Å². The van der Waals surface area contributed by atoms with Crippen LogP contribution < -0.4 is 4.74 Å². The van der Waals surface area contributed by atoms with Crippen molar-refractivity contribution in [2.24, 2.45) is 5.92 Å². The molecule has 0 atom stereocenters. The monoisotopic (exact) mass is 288 g/mol. The number of nitro groups is 1. The van der Waals surface area contributed by atoms with Crippen molar-refractivity contribution in [1.29, 1.82) is 0 Å². The zero-order chi connectivity index (χ0) is 15.4. The van der Waals surface area contributed by atoms with Crippen molar-refractivity contribution in [2.75, 3.05) is 20.2 Å². The number of nitro benzene ring substituents is 1. The van der Waals surface area contributed by atoms with Gasteiger partial charge in [-0.15, -0.1) is 6.42 Å². The molecule has 0 spiro atoms. The number of carbonyl (C=O) groups excluding carboxylic acids is 1. The Morgan fingerprint density at radius 3 is 2.81 bits per heavy atom. The zero-order valence-electron chi connectivity index (χ0n) is 11.7. The first kappa shape index (κ1) is 14.9. The molecule has 0 radical (unpaired) electrons. The summed E-state index contributed by atoms with van der Waals surface area (Å²) in [6, 6.07) is 4.09. The minimum atomic E-state index is -0.545.